The van der Waals surface area contributed by atoms with Crippen LogP contribution in [0.5, 0.6) is 0 Å². The molecule has 1 aromatic rings. The Morgan fingerprint density at radius 3 is 3.00 bits per heavy atom. The topological polar surface area (TPSA) is 86.2 Å². The fourth-order valence-corrected chi connectivity index (χ4v) is 2.65. The van der Waals surface area contributed by atoms with Gasteiger partial charge in [0.25, 0.3) is 0 Å². The molecule has 0 spiro atoms. The van der Waals surface area contributed by atoms with E-state index in [1.165, 1.54) is 0 Å². The first-order valence-electron chi connectivity index (χ1n) is 3.52. The molecule has 0 aliphatic carbocycles. The van der Waals surface area contributed by atoms with Gasteiger partial charge in [-0.25, -0.2) is 8.42 Å². The van der Waals surface area contributed by atoms with E-state index in [1.54, 1.807) is 0 Å². The molecule has 2 heterocycles. The highest BCUT2D eigenvalue weighted by Gasteiger charge is 2.26. The molecule has 0 aromatic carbocycles. The van der Waals surface area contributed by atoms with E-state index in [2.05, 4.69) is 9.68 Å². The maximum Gasteiger partial charge on any atom is 0.226 e. The normalized spacial score (nSPS) is 20.3. The molecule has 0 saturated heterocycles. The molecule has 12 heavy (non-hydrogen) atoms. The maximum atomic E-state index is 11.1. The predicted molar refractivity (Wildman–Crippen MR) is 42.1 cm³/mol. The van der Waals surface area contributed by atoms with E-state index in [4.69, 9.17) is 5.73 Å². The van der Waals surface area contributed by atoms with Gasteiger partial charge in [0.05, 0.1) is 22.8 Å². The second-order valence-corrected chi connectivity index (χ2v) is 5.00. The Hall–Kier alpha value is -1.04. The molecule has 0 bridgehead atoms. The second kappa shape index (κ2) is 2.22. The number of sulfone groups is 1. The summed E-state index contributed by atoms with van der Waals surface area (Å²) in [7, 11) is -2.97. The minimum absolute atomic E-state index is 0.0301. The Kier molecular flexibility index (Phi) is 1.41. The van der Waals surface area contributed by atoms with Gasteiger partial charge in [0.15, 0.2) is 9.84 Å². The number of aromatic nitrogens is 1. The standard InChI is InChI=1S/C6H8N2O3S/c7-6-4-3-12(9,10)2-1-5(4)8-11-6/h1-3,7H2. The van der Waals surface area contributed by atoms with E-state index in [0.29, 0.717) is 17.7 Å². The maximum absolute atomic E-state index is 11.1. The van der Waals surface area contributed by atoms with E-state index >= 15 is 0 Å². The molecule has 66 valence electrons. The summed E-state index contributed by atoms with van der Waals surface area (Å²) >= 11 is 0. The average molecular weight is 188 g/mol. The van der Waals surface area contributed by atoms with Crippen LogP contribution in [0, 0.1) is 0 Å². The monoisotopic (exact) mass is 188 g/mol. The van der Waals surface area contributed by atoms with E-state index in [-0.39, 0.29) is 17.4 Å². The number of rotatable bonds is 0. The Bertz CT molecular complexity index is 406. The molecule has 2 rings (SSSR count). The molecular formula is C6H8N2O3S. The molecule has 1 aliphatic heterocycles. The average Bonchev–Trinajstić information content (AvgIpc) is 2.31. The molecule has 0 unspecified atom stereocenters. The number of nitrogen functional groups attached to an aromatic ring is 1. The van der Waals surface area contributed by atoms with Crippen molar-refractivity contribution in [3.8, 4) is 0 Å². The zero-order valence-electron chi connectivity index (χ0n) is 6.28. The van der Waals surface area contributed by atoms with Gasteiger partial charge < -0.3 is 10.3 Å². The van der Waals surface area contributed by atoms with Crippen molar-refractivity contribution < 1.29 is 12.9 Å². The molecular weight excluding hydrogens is 180 g/mol. The van der Waals surface area contributed by atoms with Crippen molar-refractivity contribution >= 4 is 15.7 Å². The second-order valence-electron chi connectivity index (χ2n) is 2.81. The molecule has 0 amide bonds. The van der Waals surface area contributed by atoms with Crippen LogP contribution in [0.25, 0.3) is 0 Å². The van der Waals surface area contributed by atoms with Gasteiger partial charge in [0.2, 0.25) is 5.88 Å². The van der Waals surface area contributed by atoms with Crippen LogP contribution in [0.1, 0.15) is 11.3 Å². The number of anilines is 1. The quantitative estimate of drug-likeness (QED) is 0.605. The third-order valence-electron chi connectivity index (χ3n) is 1.91. The SMILES string of the molecule is Nc1onc2c1CS(=O)(=O)CC2. The lowest BCUT2D eigenvalue weighted by Crippen LogP contribution is -2.18. The summed E-state index contributed by atoms with van der Waals surface area (Å²) in [5, 5.41) is 3.66. The van der Waals surface area contributed by atoms with E-state index in [9.17, 15) is 8.42 Å². The van der Waals surface area contributed by atoms with Gasteiger partial charge in [-0.3, -0.25) is 0 Å². The van der Waals surface area contributed by atoms with Crippen LogP contribution in [0.2, 0.25) is 0 Å². The van der Waals surface area contributed by atoms with Crippen LogP contribution < -0.4 is 5.73 Å². The zero-order chi connectivity index (χ0) is 8.77. The fourth-order valence-electron chi connectivity index (χ4n) is 1.25. The van der Waals surface area contributed by atoms with Crippen LogP contribution in [0.15, 0.2) is 4.52 Å². The molecule has 0 saturated carbocycles. The summed E-state index contributed by atoms with van der Waals surface area (Å²) < 4.78 is 27.0. The van der Waals surface area contributed by atoms with Crippen molar-refractivity contribution in [2.24, 2.45) is 0 Å². The van der Waals surface area contributed by atoms with Crippen molar-refractivity contribution in [3.05, 3.63) is 11.3 Å². The van der Waals surface area contributed by atoms with Crippen molar-refractivity contribution in [1.29, 1.82) is 0 Å². The third kappa shape index (κ3) is 1.08. The highest BCUT2D eigenvalue weighted by molar-refractivity contribution is 7.90. The fraction of sp³-hybridized carbons (Fsp3) is 0.500. The first-order chi connectivity index (χ1) is 5.58. The number of aryl methyl sites for hydroxylation is 1. The highest BCUT2D eigenvalue weighted by Crippen LogP contribution is 2.24. The molecule has 1 aromatic heterocycles. The molecule has 5 nitrogen and oxygen atoms in total. The summed E-state index contributed by atoms with van der Waals surface area (Å²) in [5.41, 5.74) is 6.61. The Morgan fingerprint density at radius 1 is 1.50 bits per heavy atom. The van der Waals surface area contributed by atoms with Gasteiger partial charge in [0, 0.05) is 6.42 Å². The Balaban J connectivity index is 2.52. The minimum Gasteiger partial charge on any atom is -0.367 e. The smallest absolute Gasteiger partial charge is 0.226 e. The van der Waals surface area contributed by atoms with Crippen LogP contribution >= 0.6 is 0 Å². The largest absolute Gasteiger partial charge is 0.367 e. The first-order valence-corrected chi connectivity index (χ1v) is 5.34. The summed E-state index contributed by atoms with van der Waals surface area (Å²) in [6.07, 6.45) is 0.415. The third-order valence-corrected chi connectivity index (χ3v) is 3.47. The highest BCUT2D eigenvalue weighted by atomic mass is 32.2. The molecule has 0 atom stereocenters. The van der Waals surface area contributed by atoms with Crippen LogP contribution in [0.3, 0.4) is 0 Å². The summed E-state index contributed by atoms with van der Waals surface area (Å²) in [6.45, 7) is 0. The van der Waals surface area contributed by atoms with Gasteiger partial charge in [0.1, 0.15) is 0 Å². The molecule has 6 heteroatoms. The first kappa shape index (κ1) is 7.60. The number of hydrogen-bond donors (Lipinski definition) is 1. The Morgan fingerprint density at radius 2 is 2.25 bits per heavy atom. The van der Waals surface area contributed by atoms with Crippen LogP contribution in [-0.2, 0) is 22.0 Å². The summed E-state index contributed by atoms with van der Waals surface area (Å²) in [5.74, 6) is 0.247. The lowest BCUT2D eigenvalue weighted by molar-refractivity contribution is 0.428. The molecule has 0 fully saturated rings. The van der Waals surface area contributed by atoms with Crippen molar-refractivity contribution in [3.63, 3.8) is 0 Å². The van der Waals surface area contributed by atoms with Gasteiger partial charge in [-0.2, -0.15) is 0 Å². The molecule has 1 aliphatic rings. The van der Waals surface area contributed by atoms with Crippen molar-refractivity contribution in [2.45, 2.75) is 12.2 Å². The van der Waals surface area contributed by atoms with Crippen LogP contribution in [0.4, 0.5) is 5.88 Å². The molecule has 2 N–H and O–H groups in total. The lowest BCUT2D eigenvalue weighted by Gasteiger charge is -2.08. The predicted octanol–water partition coefficient (Wildman–Crippen LogP) is -0.272. The summed E-state index contributed by atoms with van der Waals surface area (Å²) in [6, 6.07) is 0. The number of fused-ring (bicyclic) bond motifs is 1. The number of nitrogens with zero attached hydrogens (tertiary/aromatic N) is 1. The molecule has 0 radical (unpaired) electrons. The van der Waals surface area contributed by atoms with Crippen molar-refractivity contribution in [1.82, 2.24) is 5.16 Å². The van der Waals surface area contributed by atoms with Crippen LogP contribution in [-0.4, -0.2) is 19.3 Å². The van der Waals surface area contributed by atoms with Crippen molar-refractivity contribution in [2.75, 3.05) is 11.5 Å². The summed E-state index contributed by atoms with van der Waals surface area (Å²) in [4.78, 5) is 0. The minimum atomic E-state index is -2.97. The van der Waals surface area contributed by atoms with E-state index in [1.807, 2.05) is 0 Å². The zero-order valence-corrected chi connectivity index (χ0v) is 7.10. The van der Waals surface area contributed by atoms with Gasteiger partial charge in [-0.05, 0) is 0 Å². The number of nitrogens with two attached hydrogens (primary N) is 1. The van der Waals surface area contributed by atoms with Gasteiger partial charge in [-0.15, -0.1) is 0 Å². The number of hydrogen-bond acceptors (Lipinski definition) is 5. The Labute approximate surface area is 69.5 Å². The van der Waals surface area contributed by atoms with Gasteiger partial charge in [-0.1, -0.05) is 5.16 Å². The van der Waals surface area contributed by atoms with Gasteiger partial charge >= 0.3 is 0 Å². The van der Waals surface area contributed by atoms with E-state index in [0.717, 1.165) is 0 Å². The lowest BCUT2D eigenvalue weighted by atomic mass is 10.2. The van der Waals surface area contributed by atoms with E-state index < -0.39 is 9.84 Å².